The Kier molecular flexibility index (Phi) is 3.65. The molecule has 0 aromatic heterocycles. The molecule has 108 valence electrons. The number of hydrogen-bond acceptors (Lipinski definition) is 1. The van der Waals surface area contributed by atoms with Gasteiger partial charge < -0.3 is 5.32 Å². The zero-order valence-electron chi connectivity index (χ0n) is 12.2. The molecule has 20 heavy (non-hydrogen) atoms. The highest BCUT2D eigenvalue weighted by atomic mass is 79.9. The van der Waals surface area contributed by atoms with E-state index < -0.39 is 0 Å². The van der Waals surface area contributed by atoms with Gasteiger partial charge in [0.15, 0.2) is 0 Å². The first-order valence-electron chi connectivity index (χ1n) is 7.54. The van der Waals surface area contributed by atoms with Crippen LogP contribution in [0.4, 0.5) is 5.69 Å². The summed E-state index contributed by atoms with van der Waals surface area (Å²) in [6, 6.07) is 6.51. The molecule has 1 aliphatic carbocycles. The van der Waals surface area contributed by atoms with Crippen LogP contribution in [0, 0.1) is 11.3 Å². The molecule has 3 heteroatoms. The molecule has 2 aliphatic rings. The minimum atomic E-state index is 0.137. The summed E-state index contributed by atoms with van der Waals surface area (Å²) in [4.78, 5) is 11.8. The summed E-state index contributed by atoms with van der Waals surface area (Å²) in [5.41, 5.74) is 4.05. The molecular weight excluding hydrogens is 314 g/mol. The van der Waals surface area contributed by atoms with Crippen molar-refractivity contribution in [1.82, 2.24) is 0 Å². The number of alkyl halides is 1. The van der Waals surface area contributed by atoms with Crippen molar-refractivity contribution in [2.45, 2.75) is 50.8 Å². The van der Waals surface area contributed by atoms with E-state index in [2.05, 4.69) is 53.3 Å². The standard InChI is InChI=1S/C17H22BrNO/c1-17(2)9-3-4-13(17)16(18)12-5-7-14-11(10-12)6-8-15(20)19-14/h5,7,10,13,16H,3-4,6,8-9H2,1-2H3,(H,19,20). The molecular formula is C17H22BrNO. The Hall–Kier alpha value is -0.830. The van der Waals surface area contributed by atoms with E-state index in [0.29, 0.717) is 22.6 Å². The van der Waals surface area contributed by atoms with E-state index in [1.807, 2.05) is 0 Å². The molecule has 1 heterocycles. The molecule has 1 amide bonds. The number of anilines is 1. The average molecular weight is 336 g/mol. The minimum Gasteiger partial charge on any atom is -0.326 e. The number of fused-ring (bicyclic) bond motifs is 1. The summed E-state index contributed by atoms with van der Waals surface area (Å²) in [6.45, 7) is 4.77. The van der Waals surface area contributed by atoms with Crippen LogP contribution in [0.1, 0.15) is 55.5 Å². The number of nitrogens with one attached hydrogen (secondary N) is 1. The van der Waals surface area contributed by atoms with Crippen molar-refractivity contribution in [3.05, 3.63) is 29.3 Å². The molecule has 1 N–H and O–H groups in total. The number of rotatable bonds is 2. The van der Waals surface area contributed by atoms with Crippen LogP contribution in [0.5, 0.6) is 0 Å². The van der Waals surface area contributed by atoms with Crippen molar-refractivity contribution in [1.29, 1.82) is 0 Å². The summed E-state index contributed by atoms with van der Waals surface area (Å²) in [5, 5.41) is 2.96. The summed E-state index contributed by atoms with van der Waals surface area (Å²) >= 11 is 3.94. The second-order valence-electron chi connectivity index (χ2n) is 6.85. The Labute approximate surface area is 129 Å². The summed E-state index contributed by atoms with van der Waals surface area (Å²) in [5.74, 6) is 0.830. The van der Waals surface area contributed by atoms with Crippen LogP contribution in [0.2, 0.25) is 0 Å². The van der Waals surface area contributed by atoms with E-state index in [1.165, 1.54) is 30.4 Å². The molecule has 0 bridgehead atoms. The fourth-order valence-corrected chi connectivity index (χ4v) is 4.97. The normalized spacial score (nSPS) is 25.9. The maximum absolute atomic E-state index is 11.4. The van der Waals surface area contributed by atoms with Gasteiger partial charge in [-0.2, -0.15) is 0 Å². The molecule has 3 rings (SSSR count). The van der Waals surface area contributed by atoms with Gasteiger partial charge in [0.05, 0.1) is 0 Å². The predicted molar refractivity (Wildman–Crippen MR) is 86.2 cm³/mol. The quantitative estimate of drug-likeness (QED) is 0.770. The highest BCUT2D eigenvalue weighted by Crippen LogP contribution is 2.52. The van der Waals surface area contributed by atoms with Crippen molar-refractivity contribution < 1.29 is 4.79 Å². The van der Waals surface area contributed by atoms with E-state index in [4.69, 9.17) is 0 Å². The van der Waals surface area contributed by atoms with Gasteiger partial charge in [-0.15, -0.1) is 0 Å². The van der Waals surface area contributed by atoms with E-state index in [1.54, 1.807) is 0 Å². The zero-order valence-corrected chi connectivity index (χ0v) is 13.8. The van der Waals surface area contributed by atoms with E-state index in [-0.39, 0.29) is 5.91 Å². The summed E-state index contributed by atoms with van der Waals surface area (Å²) in [6.07, 6.45) is 5.43. The van der Waals surface area contributed by atoms with E-state index >= 15 is 0 Å². The zero-order chi connectivity index (χ0) is 14.3. The van der Waals surface area contributed by atoms with E-state index in [0.717, 1.165) is 12.1 Å². The molecule has 1 fully saturated rings. The number of benzene rings is 1. The molecule has 2 unspecified atom stereocenters. The Morgan fingerprint density at radius 2 is 2.15 bits per heavy atom. The first kappa shape index (κ1) is 14.1. The predicted octanol–water partition coefficient (Wildman–Crippen LogP) is 4.83. The third-order valence-electron chi connectivity index (χ3n) is 5.04. The number of carbonyl (C=O) groups excluding carboxylic acids is 1. The smallest absolute Gasteiger partial charge is 0.224 e. The van der Waals surface area contributed by atoms with Gasteiger partial charge in [-0.1, -0.05) is 48.3 Å². The Bertz CT molecular complexity index is 538. The van der Waals surface area contributed by atoms with Crippen LogP contribution in [-0.4, -0.2) is 5.91 Å². The van der Waals surface area contributed by atoms with Crippen LogP contribution in [-0.2, 0) is 11.2 Å². The highest BCUT2D eigenvalue weighted by molar-refractivity contribution is 9.09. The lowest BCUT2D eigenvalue weighted by molar-refractivity contribution is -0.116. The first-order valence-corrected chi connectivity index (χ1v) is 8.46. The molecule has 1 aliphatic heterocycles. The van der Waals surface area contributed by atoms with Crippen molar-refractivity contribution in [3.63, 3.8) is 0 Å². The second-order valence-corrected chi connectivity index (χ2v) is 7.84. The SMILES string of the molecule is CC1(C)CCCC1C(Br)c1ccc2c(c1)CCC(=O)N2. The second kappa shape index (κ2) is 5.18. The molecule has 0 radical (unpaired) electrons. The van der Waals surface area contributed by atoms with Crippen LogP contribution < -0.4 is 5.32 Å². The largest absolute Gasteiger partial charge is 0.326 e. The van der Waals surface area contributed by atoms with Gasteiger partial charge in [0, 0.05) is 16.9 Å². The number of aryl methyl sites for hydroxylation is 1. The number of carbonyl (C=O) groups is 1. The summed E-state index contributed by atoms with van der Waals surface area (Å²) in [7, 11) is 0. The van der Waals surface area contributed by atoms with Crippen LogP contribution >= 0.6 is 15.9 Å². The van der Waals surface area contributed by atoms with Gasteiger partial charge in [-0.05, 0) is 47.8 Å². The van der Waals surface area contributed by atoms with Crippen molar-refractivity contribution in [3.8, 4) is 0 Å². The van der Waals surface area contributed by atoms with Crippen LogP contribution in [0.15, 0.2) is 18.2 Å². The van der Waals surface area contributed by atoms with Crippen molar-refractivity contribution in [2.24, 2.45) is 11.3 Å². The van der Waals surface area contributed by atoms with Crippen LogP contribution in [0.25, 0.3) is 0 Å². The molecule has 2 atom stereocenters. The van der Waals surface area contributed by atoms with Gasteiger partial charge >= 0.3 is 0 Å². The lowest BCUT2D eigenvalue weighted by atomic mass is 9.78. The Balaban J connectivity index is 1.86. The average Bonchev–Trinajstić information content (AvgIpc) is 2.77. The molecule has 2 nitrogen and oxygen atoms in total. The lowest BCUT2D eigenvalue weighted by Gasteiger charge is -2.32. The highest BCUT2D eigenvalue weighted by Gasteiger charge is 2.39. The van der Waals surface area contributed by atoms with Crippen molar-refractivity contribution in [2.75, 3.05) is 5.32 Å². The number of halogens is 1. The van der Waals surface area contributed by atoms with Gasteiger partial charge in [0.25, 0.3) is 0 Å². The number of hydrogen-bond donors (Lipinski definition) is 1. The fraction of sp³-hybridized carbons (Fsp3) is 0.588. The maximum Gasteiger partial charge on any atom is 0.224 e. The molecule has 0 spiro atoms. The molecule has 1 saturated carbocycles. The van der Waals surface area contributed by atoms with Crippen LogP contribution in [0.3, 0.4) is 0 Å². The third-order valence-corrected chi connectivity index (χ3v) is 6.20. The lowest BCUT2D eigenvalue weighted by Crippen LogP contribution is -2.22. The minimum absolute atomic E-state index is 0.137. The first-order chi connectivity index (χ1) is 9.47. The van der Waals surface area contributed by atoms with Gasteiger partial charge in [0.1, 0.15) is 0 Å². The van der Waals surface area contributed by atoms with E-state index in [9.17, 15) is 4.79 Å². The molecule has 1 aromatic carbocycles. The third kappa shape index (κ3) is 2.52. The van der Waals surface area contributed by atoms with Crippen molar-refractivity contribution >= 4 is 27.5 Å². The van der Waals surface area contributed by atoms with Gasteiger partial charge in [-0.25, -0.2) is 0 Å². The van der Waals surface area contributed by atoms with Gasteiger partial charge in [0.2, 0.25) is 5.91 Å². The maximum atomic E-state index is 11.4. The fourth-order valence-electron chi connectivity index (χ4n) is 3.70. The Morgan fingerprint density at radius 1 is 1.35 bits per heavy atom. The molecule has 1 aromatic rings. The topological polar surface area (TPSA) is 29.1 Å². The number of amides is 1. The Morgan fingerprint density at radius 3 is 2.85 bits per heavy atom. The monoisotopic (exact) mass is 335 g/mol. The molecule has 0 saturated heterocycles. The summed E-state index contributed by atoms with van der Waals surface area (Å²) < 4.78 is 0. The van der Waals surface area contributed by atoms with Gasteiger partial charge in [-0.3, -0.25) is 4.79 Å².